The van der Waals surface area contributed by atoms with Gasteiger partial charge in [0.1, 0.15) is 24.0 Å². The maximum Gasteiger partial charge on any atom is 0.266 e. The maximum atomic E-state index is 12.4. The number of carbonyl (C=O) groups excluding carboxylic acids is 1. The van der Waals surface area contributed by atoms with Crippen molar-refractivity contribution in [3.05, 3.63) is 59.7 Å². The Balaban J connectivity index is 1.56. The number of anilines is 1. The van der Waals surface area contributed by atoms with E-state index in [4.69, 9.17) is 14.6 Å². The Bertz CT molecular complexity index is 1100. The molecule has 168 valence electrons. The van der Waals surface area contributed by atoms with Crippen molar-refractivity contribution in [3.8, 4) is 11.8 Å². The zero-order valence-electron chi connectivity index (χ0n) is 17.4. The van der Waals surface area contributed by atoms with Crippen molar-refractivity contribution in [2.45, 2.75) is 4.90 Å². The smallest absolute Gasteiger partial charge is 0.266 e. The number of rotatable bonds is 8. The van der Waals surface area contributed by atoms with Crippen molar-refractivity contribution in [1.82, 2.24) is 4.90 Å². The second-order valence-corrected chi connectivity index (χ2v) is 8.63. The normalized spacial score (nSPS) is 15.1. The molecule has 0 bridgehead atoms. The average Bonchev–Trinajstić information content (AvgIpc) is 2.79. The Labute approximate surface area is 187 Å². The molecule has 1 aliphatic rings. The van der Waals surface area contributed by atoms with Gasteiger partial charge in [-0.3, -0.25) is 9.69 Å². The number of carbonyl (C=O) groups is 1. The Morgan fingerprint density at radius 1 is 1.16 bits per heavy atom. The Morgan fingerprint density at radius 2 is 1.81 bits per heavy atom. The monoisotopic (exact) mass is 456 g/mol. The van der Waals surface area contributed by atoms with Gasteiger partial charge in [0, 0.05) is 25.3 Å². The van der Waals surface area contributed by atoms with E-state index in [0.717, 1.165) is 32.8 Å². The standard InChI is InChI=1S/C22H24N4O5S/c23-16-18(22(27)25-19-3-7-21(8-4-19)32(24,28)29)15-17-1-5-20(6-2-17)31-14-11-26-9-12-30-13-10-26/h1-8,15H,9-14H2,(H,25,27)(H2,24,28,29). The third-order valence-corrected chi connectivity index (χ3v) is 5.71. The highest BCUT2D eigenvalue weighted by molar-refractivity contribution is 7.89. The number of nitrogens with zero attached hydrogens (tertiary/aromatic N) is 2. The summed E-state index contributed by atoms with van der Waals surface area (Å²) in [6.07, 6.45) is 1.46. The highest BCUT2D eigenvalue weighted by Gasteiger charge is 2.12. The number of nitrogens with one attached hydrogen (secondary N) is 1. The fourth-order valence-corrected chi connectivity index (χ4v) is 3.53. The van der Waals surface area contributed by atoms with Crippen LogP contribution in [-0.2, 0) is 19.6 Å². The molecule has 2 aromatic carbocycles. The van der Waals surface area contributed by atoms with Crippen LogP contribution in [0.4, 0.5) is 5.69 Å². The predicted octanol–water partition coefficient (Wildman–Crippen LogP) is 1.59. The minimum absolute atomic E-state index is 0.0706. The van der Waals surface area contributed by atoms with E-state index in [1.54, 1.807) is 24.3 Å². The predicted molar refractivity (Wildman–Crippen MR) is 119 cm³/mol. The molecule has 3 N–H and O–H groups in total. The number of sulfonamides is 1. The molecule has 3 rings (SSSR count). The van der Waals surface area contributed by atoms with Gasteiger partial charge in [-0.05, 0) is 48.0 Å². The quantitative estimate of drug-likeness (QED) is 0.455. The molecular weight excluding hydrogens is 432 g/mol. The largest absolute Gasteiger partial charge is 0.492 e. The number of primary sulfonamides is 1. The summed E-state index contributed by atoms with van der Waals surface area (Å²) in [7, 11) is -3.82. The zero-order chi connectivity index (χ0) is 23.0. The molecule has 10 heteroatoms. The van der Waals surface area contributed by atoms with E-state index < -0.39 is 15.9 Å². The van der Waals surface area contributed by atoms with Crippen LogP contribution in [-0.4, -0.2) is 58.7 Å². The summed E-state index contributed by atoms with van der Waals surface area (Å²) in [6.45, 7) is 4.69. The molecule has 0 atom stereocenters. The first-order chi connectivity index (χ1) is 15.3. The van der Waals surface area contributed by atoms with E-state index >= 15 is 0 Å². The van der Waals surface area contributed by atoms with Crippen molar-refractivity contribution in [3.63, 3.8) is 0 Å². The Kier molecular flexibility index (Phi) is 7.97. The molecule has 1 aliphatic heterocycles. The summed E-state index contributed by atoms with van der Waals surface area (Å²) in [6, 6.07) is 14.3. The van der Waals surface area contributed by atoms with E-state index in [9.17, 15) is 18.5 Å². The maximum absolute atomic E-state index is 12.4. The van der Waals surface area contributed by atoms with E-state index in [1.807, 2.05) is 6.07 Å². The van der Waals surface area contributed by atoms with Crippen molar-refractivity contribution in [1.29, 1.82) is 5.26 Å². The first-order valence-corrected chi connectivity index (χ1v) is 11.5. The van der Waals surface area contributed by atoms with Gasteiger partial charge < -0.3 is 14.8 Å². The number of hydrogen-bond donors (Lipinski definition) is 2. The lowest BCUT2D eigenvalue weighted by Crippen LogP contribution is -2.38. The summed E-state index contributed by atoms with van der Waals surface area (Å²) in [5.74, 6) is 0.0926. The van der Waals surface area contributed by atoms with Crippen LogP contribution < -0.4 is 15.2 Å². The van der Waals surface area contributed by atoms with Crippen LogP contribution in [0, 0.1) is 11.3 Å². The van der Waals surface area contributed by atoms with Gasteiger partial charge in [0.2, 0.25) is 10.0 Å². The second kappa shape index (κ2) is 10.9. The van der Waals surface area contributed by atoms with Gasteiger partial charge >= 0.3 is 0 Å². The van der Waals surface area contributed by atoms with Crippen molar-refractivity contribution < 1.29 is 22.7 Å². The molecule has 1 heterocycles. The molecule has 0 aliphatic carbocycles. The number of hydrogen-bond acceptors (Lipinski definition) is 7. The molecule has 1 fully saturated rings. The molecule has 32 heavy (non-hydrogen) atoms. The fraction of sp³-hybridized carbons (Fsp3) is 0.273. The van der Waals surface area contributed by atoms with Crippen LogP contribution in [0.5, 0.6) is 5.75 Å². The molecule has 2 aromatic rings. The topological polar surface area (TPSA) is 135 Å². The van der Waals surface area contributed by atoms with Gasteiger partial charge in [-0.15, -0.1) is 0 Å². The SMILES string of the molecule is N#CC(=Cc1ccc(OCCN2CCOCC2)cc1)C(=O)Nc1ccc(S(N)(=O)=O)cc1. The number of morpholine rings is 1. The van der Waals surface area contributed by atoms with Crippen LogP contribution >= 0.6 is 0 Å². The molecule has 0 unspecified atom stereocenters. The molecule has 1 amide bonds. The van der Waals surface area contributed by atoms with E-state index in [2.05, 4.69) is 10.2 Å². The minimum Gasteiger partial charge on any atom is -0.492 e. The van der Waals surface area contributed by atoms with Crippen molar-refractivity contribution in [2.75, 3.05) is 44.8 Å². The van der Waals surface area contributed by atoms with Crippen LogP contribution in [0.1, 0.15) is 5.56 Å². The second-order valence-electron chi connectivity index (χ2n) is 7.06. The van der Waals surface area contributed by atoms with Crippen LogP contribution in [0.15, 0.2) is 59.0 Å². The third kappa shape index (κ3) is 6.90. The minimum atomic E-state index is -3.82. The Morgan fingerprint density at radius 3 is 2.41 bits per heavy atom. The van der Waals surface area contributed by atoms with Gasteiger partial charge in [-0.1, -0.05) is 12.1 Å². The number of amides is 1. The lowest BCUT2D eigenvalue weighted by Gasteiger charge is -2.26. The lowest BCUT2D eigenvalue weighted by atomic mass is 10.1. The van der Waals surface area contributed by atoms with Crippen LogP contribution in [0.2, 0.25) is 0 Å². The number of ether oxygens (including phenoxy) is 2. The molecule has 9 nitrogen and oxygen atoms in total. The summed E-state index contributed by atoms with van der Waals surface area (Å²) in [4.78, 5) is 14.6. The van der Waals surface area contributed by atoms with Gasteiger partial charge in [-0.2, -0.15) is 5.26 Å². The van der Waals surface area contributed by atoms with Gasteiger partial charge in [0.05, 0.1) is 18.1 Å². The number of nitriles is 1. The lowest BCUT2D eigenvalue weighted by molar-refractivity contribution is -0.112. The van der Waals surface area contributed by atoms with Crippen molar-refractivity contribution in [2.24, 2.45) is 5.14 Å². The first kappa shape index (κ1) is 23.4. The molecule has 0 saturated carbocycles. The van der Waals surface area contributed by atoms with Gasteiger partial charge in [0.25, 0.3) is 5.91 Å². The summed E-state index contributed by atoms with van der Waals surface area (Å²) < 4.78 is 33.7. The summed E-state index contributed by atoms with van der Waals surface area (Å²) in [5, 5.41) is 17.0. The summed E-state index contributed by atoms with van der Waals surface area (Å²) >= 11 is 0. The van der Waals surface area contributed by atoms with Gasteiger partial charge in [0.15, 0.2) is 0 Å². The van der Waals surface area contributed by atoms with Gasteiger partial charge in [-0.25, -0.2) is 13.6 Å². The molecule has 0 spiro atoms. The molecule has 1 saturated heterocycles. The van der Waals surface area contributed by atoms with E-state index in [-0.39, 0.29) is 10.5 Å². The average molecular weight is 457 g/mol. The number of benzene rings is 2. The van der Waals surface area contributed by atoms with Crippen LogP contribution in [0.25, 0.3) is 6.08 Å². The molecular formula is C22H24N4O5S. The summed E-state index contributed by atoms with van der Waals surface area (Å²) in [5.41, 5.74) is 0.913. The molecule has 0 radical (unpaired) electrons. The first-order valence-electron chi connectivity index (χ1n) is 9.94. The van der Waals surface area contributed by atoms with E-state index in [1.165, 1.54) is 30.3 Å². The highest BCUT2D eigenvalue weighted by atomic mass is 32.2. The van der Waals surface area contributed by atoms with Crippen LogP contribution in [0.3, 0.4) is 0 Å². The van der Waals surface area contributed by atoms with E-state index in [0.29, 0.717) is 23.6 Å². The zero-order valence-corrected chi connectivity index (χ0v) is 18.2. The third-order valence-electron chi connectivity index (χ3n) is 4.78. The highest BCUT2D eigenvalue weighted by Crippen LogP contribution is 2.17. The fourth-order valence-electron chi connectivity index (χ4n) is 3.02. The van der Waals surface area contributed by atoms with Crippen molar-refractivity contribution >= 4 is 27.7 Å². The Hall–Kier alpha value is -3.23. The molecule has 0 aromatic heterocycles. The number of nitrogens with two attached hydrogens (primary N) is 1.